The summed E-state index contributed by atoms with van der Waals surface area (Å²) in [5.74, 6) is -1.40. The average molecular weight is 440 g/mol. The number of halogens is 2. The van der Waals surface area contributed by atoms with Gasteiger partial charge < -0.3 is 15.0 Å². The smallest absolute Gasteiger partial charge is 0.168 e. The molecule has 6 nitrogen and oxygen atoms in total. The molecule has 1 aliphatic heterocycles. The molecule has 1 saturated heterocycles. The Balaban J connectivity index is 0.00000119. The van der Waals surface area contributed by atoms with E-state index in [0.29, 0.717) is 22.8 Å². The number of ether oxygens (including phenoxy) is 1. The molecule has 1 aliphatic rings. The van der Waals surface area contributed by atoms with E-state index in [0.717, 1.165) is 48.5 Å². The summed E-state index contributed by atoms with van der Waals surface area (Å²) >= 11 is 0. The van der Waals surface area contributed by atoms with Crippen LogP contribution in [-0.2, 0) is 0 Å². The molecule has 0 saturated carbocycles. The normalized spacial score (nSPS) is 14.3. The Morgan fingerprint density at radius 2 is 1.81 bits per heavy atom. The molecule has 3 aromatic heterocycles. The summed E-state index contributed by atoms with van der Waals surface area (Å²) in [5.41, 5.74) is 3.43. The molecule has 1 aromatic carbocycles. The predicted octanol–water partition coefficient (Wildman–Crippen LogP) is 5.33. The number of benzene rings is 1. The van der Waals surface area contributed by atoms with Crippen molar-refractivity contribution in [2.75, 3.05) is 20.2 Å². The number of fused-ring (bicyclic) bond motifs is 1. The van der Waals surface area contributed by atoms with E-state index in [1.807, 2.05) is 37.0 Å². The molecule has 0 bridgehead atoms. The predicted molar refractivity (Wildman–Crippen MR) is 122 cm³/mol. The largest absolute Gasteiger partial charge is 0.493 e. The number of H-pyrrole nitrogens is 1. The molecular formula is C24H27F2N5O. The molecule has 5 rings (SSSR count). The first-order valence-corrected chi connectivity index (χ1v) is 10.9. The first kappa shape index (κ1) is 22.0. The highest BCUT2D eigenvalue weighted by molar-refractivity contribution is 5.97. The number of pyridine rings is 1. The monoisotopic (exact) mass is 439 g/mol. The number of methoxy groups -OCH3 is 1. The fourth-order valence-corrected chi connectivity index (χ4v) is 4.11. The Hall–Kier alpha value is -3.26. The quantitative estimate of drug-likeness (QED) is 0.451. The Morgan fingerprint density at radius 3 is 2.56 bits per heavy atom. The van der Waals surface area contributed by atoms with Gasteiger partial charge in [-0.15, -0.1) is 0 Å². The Morgan fingerprint density at radius 1 is 1.03 bits per heavy atom. The molecule has 4 heterocycles. The lowest BCUT2D eigenvalue weighted by atomic mass is 10.0. The zero-order valence-electron chi connectivity index (χ0n) is 18.5. The highest BCUT2D eigenvalue weighted by atomic mass is 19.1. The third kappa shape index (κ3) is 4.10. The number of nitrogens with one attached hydrogen (secondary N) is 2. The van der Waals surface area contributed by atoms with Crippen LogP contribution in [0.5, 0.6) is 5.75 Å². The lowest BCUT2D eigenvalue weighted by Gasteiger charge is -2.22. The van der Waals surface area contributed by atoms with Gasteiger partial charge in [-0.25, -0.2) is 13.8 Å². The van der Waals surface area contributed by atoms with E-state index >= 15 is 0 Å². The van der Waals surface area contributed by atoms with E-state index in [1.165, 1.54) is 13.2 Å². The number of rotatable bonds is 4. The minimum atomic E-state index is -0.741. The summed E-state index contributed by atoms with van der Waals surface area (Å²) in [6.07, 6.45) is 9.43. The van der Waals surface area contributed by atoms with E-state index in [-0.39, 0.29) is 5.75 Å². The summed E-state index contributed by atoms with van der Waals surface area (Å²) in [6, 6.07) is 4.43. The fourth-order valence-electron chi connectivity index (χ4n) is 4.11. The van der Waals surface area contributed by atoms with Crippen molar-refractivity contribution >= 4 is 11.0 Å². The lowest BCUT2D eigenvalue weighted by molar-refractivity contribution is 0.343. The molecule has 0 spiro atoms. The summed E-state index contributed by atoms with van der Waals surface area (Å²) in [7, 11) is 1.37. The number of aromatic amines is 1. The van der Waals surface area contributed by atoms with Crippen LogP contribution in [0, 0.1) is 11.6 Å². The molecule has 2 N–H and O–H groups in total. The van der Waals surface area contributed by atoms with Gasteiger partial charge in [0, 0.05) is 52.3 Å². The van der Waals surface area contributed by atoms with Crippen molar-refractivity contribution < 1.29 is 13.5 Å². The second-order valence-corrected chi connectivity index (χ2v) is 7.48. The lowest BCUT2D eigenvalue weighted by Crippen LogP contribution is -2.29. The average Bonchev–Trinajstić information content (AvgIpc) is 3.48. The molecule has 8 heteroatoms. The van der Waals surface area contributed by atoms with E-state index in [4.69, 9.17) is 4.74 Å². The second kappa shape index (κ2) is 9.48. The Kier molecular flexibility index (Phi) is 6.50. The van der Waals surface area contributed by atoms with Crippen LogP contribution in [0.1, 0.15) is 32.7 Å². The Bertz CT molecular complexity index is 1210. The summed E-state index contributed by atoms with van der Waals surface area (Å²) in [6.45, 7) is 5.98. The van der Waals surface area contributed by atoms with Gasteiger partial charge >= 0.3 is 0 Å². The third-order valence-corrected chi connectivity index (χ3v) is 5.65. The van der Waals surface area contributed by atoms with Gasteiger partial charge in [-0.2, -0.15) is 5.10 Å². The maximum absolute atomic E-state index is 14.2. The highest BCUT2D eigenvalue weighted by Gasteiger charge is 2.19. The fraction of sp³-hybridized carbons (Fsp3) is 0.333. The minimum Gasteiger partial charge on any atom is -0.493 e. The molecule has 0 aliphatic carbocycles. The first-order chi connectivity index (χ1) is 15.6. The zero-order valence-corrected chi connectivity index (χ0v) is 18.5. The number of hydrogen-bond donors (Lipinski definition) is 2. The molecule has 0 radical (unpaired) electrons. The molecule has 168 valence electrons. The second-order valence-electron chi connectivity index (χ2n) is 7.48. The van der Waals surface area contributed by atoms with Crippen LogP contribution >= 0.6 is 0 Å². The topological polar surface area (TPSA) is 67.8 Å². The van der Waals surface area contributed by atoms with Crippen molar-refractivity contribution in [3.8, 4) is 28.0 Å². The van der Waals surface area contributed by atoms with Crippen molar-refractivity contribution in [2.24, 2.45) is 0 Å². The van der Waals surface area contributed by atoms with E-state index in [9.17, 15) is 8.78 Å². The number of piperidine rings is 1. The first-order valence-electron chi connectivity index (χ1n) is 10.9. The number of hydrogen-bond acceptors (Lipinski definition) is 4. The standard InChI is InChI=1S/C22H21F2N5O.C2H6/c1-30-21-17(7-15(23)8-20(21)24)19-11-27-22-18(19)6-13(9-26-22)14-10-28-29(12-14)16-2-4-25-5-3-16;1-2/h6-12,16,25H,2-5H2,1H3,(H,26,27);1-2H3. The molecule has 4 aromatic rings. The van der Waals surface area contributed by atoms with Crippen molar-refractivity contribution in [2.45, 2.75) is 32.7 Å². The maximum atomic E-state index is 14.2. The van der Waals surface area contributed by atoms with Gasteiger partial charge in [-0.05, 0) is 38.1 Å². The third-order valence-electron chi connectivity index (χ3n) is 5.65. The molecule has 0 atom stereocenters. The van der Waals surface area contributed by atoms with Gasteiger partial charge in [0.1, 0.15) is 11.5 Å². The molecule has 1 fully saturated rings. The van der Waals surface area contributed by atoms with Crippen LogP contribution in [0.15, 0.2) is 43.0 Å². The zero-order chi connectivity index (χ0) is 22.7. The van der Waals surface area contributed by atoms with Crippen LogP contribution in [0.2, 0.25) is 0 Å². The molecule has 0 unspecified atom stereocenters. The summed E-state index contributed by atoms with van der Waals surface area (Å²) in [5, 5.41) is 8.67. The van der Waals surface area contributed by atoms with Crippen molar-refractivity contribution in [3.63, 3.8) is 0 Å². The number of nitrogens with zero attached hydrogens (tertiary/aromatic N) is 3. The SMILES string of the molecule is CC.COc1c(F)cc(F)cc1-c1c[nH]c2ncc(-c3cnn(C4CCNCC4)c3)cc12. The van der Waals surface area contributed by atoms with Crippen molar-refractivity contribution in [1.29, 1.82) is 0 Å². The maximum Gasteiger partial charge on any atom is 0.168 e. The van der Waals surface area contributed by atoms with Gasteiger partial charge in [-0.3, -0.25) is 4.68 Å². The molecule has 0 amide bonds. The summed E-state index contributed by atoms with van der Waals surface area (Å²) < 4.78 is 35.4. The van der Waals surface area contributed by atoms with Crippen LogP contribution in [0.25, 0.3) is 33.3 Å². The van der Waals surface area contributed by atoms with Gasteiger partial charge in [-0.1, -0.05) is 13.8 Å². The van der Waals surface area contributed by atoms with E-state index in [1.54, 1.807) is 12.4 Å². The van der Waals surface area contributed by atoms with Crippen LogP contribution in [0.4, 0.5) is 8.78 Å². The van der Waals surface area contributed by atoms with Gasteiger partial charge in [0.05, 0.1) is 19.3 Å². The van der Waals surface area contributed by atoms with Gasteiger partial charge in [0.25, 0.3) is 0 Å². The van der Waals surface area contributed by atoms with Crippen molar-refractivity contribution in [3.05, 3.63) is 54.6 Å². The van der Waals surface area contributed by atoms with Crippen LogP contribution in [0.3, 0.4) is 0 Å². The van der Waals surface area contributed by atoms with Crippen LogP contribution < -0.4 is 10.1 Å². The molecular weight excluding hydrogens is 412 g/mol. The Labute approximate surface area is 185 Å². The highest BCUT2D eigenvalue weighted by Crippen LogP contribution is 2.38. The van der Waals surface area contributed by atoms with Gasteiger partial charge in [0.2, 0.25) is 0 Å². The molecule has 32 heavy (non-hydrogen) atoms. The van der Waals surface area contributed by atoms with E-state index in [2.05, 4.69) is 20.4 Å². The van der Waals surface area contributed by atoms with Gasteiger partial charge in [0.15, 0.2) is 11.6 Å². The minimum absolute atomic E-state index is 0.00132. The number of aromatic nitrogens is 4. The summed E-state index contributed by atoms with van der Waals surface area (Å²) in [4.78, 5) is 7.57. The van der Waals surface area contributed by atoms with Crippen LogP contribution in [-0.4, -0.2) is 39.9 Å². The van der Waals surface area contributed by atoms with E-state index < -0.39 is 11.6 Å². The van der Waals surface area contributed by atoms with Crippen molar-refractivity contribution in [1.82, 2.24) is 25.1 Å².